The maximum Gasteiger partial charge on any atom is 0.163 e. The summed E-state index contributed by atoms with van der Waals surface area (Å²) >= 11 is 0. The molecule has 1 N–H and O–H groups in total. The molecule has 1 aliphatic carbocycles. The molecule has 0 unspecified atom stereocenters. The summed E-state index contributed by atoms with van der Waals surface area (Å²) in [6.07, 6.45) is 6.46. The molecule has 1 atom stereocenters. The molecular weight excluding hydrogens is 376 g/mol. The summed E-state index contributed by atoms with van der Waals surface area (Å²) in [7, 11) is 0. The number of aromatic amines is 1. The van der Waals surface area contributed by atoms with E-state index in [1.165, 1.54) is 0 Å². The van der Waals surface area contributed by atoms with Gasteiger partial charge < -0.3 is 14.5 Å². The molecule has 0 fully saturated rings. The number of aromatic nitrogens is 2. The molecule has 2 aromatic carbocycles. The Labute approximate surface area is 177 Å². The third-order valence-electron chi connectivity index (χ3n) is 5.45. The molecule has 5 nitrogen and oxygen atoms in total. The highest BCUT2D eigenvalue weighted by molar-refractivity contribution is 5.99. The van der Waals surface area contributed by atoms with Gasteiger partial charge in [0.15, 0.2) is 5.78 Å². The first-order valence-corrected chi connectivity index (χ1v) is 10.6. The molecule has 1 aromatic heterocycles. The van der Waals surface area contributed by atoms with E-state index in [0.29, 0.717) is 19.4 Å². The number of hydrogen-bond donors (Lipinski definition) is 1. The lowest BCUT2D eigenvalue weighted by Gasteiger charge is -2.25. The summed E-state index contributed by atoms with van der Waals surface area (Å²) in [5.41, 5.74) is 3.97. The van der Waals surface area contributed by atoms with Crippen molar-refractivity contribution in [2.45, 2.75) is 58.3 Å². The third kappa shape index (κ3) is 4.62. The lowest BCUT2D eigenvalue weighted by Crippen LogP contribution is -2.18. The van der Waals surface area contributed by atoms with Crippen LogP contribution in [0.4, 0.5) is 0 Å². The molecule has 30 heavy (non-hydrogen) atoms. The fourth-order valence-electron chi connectivity index (χ4n) is 3.93. The number of nitrogens with zero attached hydrogens (tertiary/aromatic N) is 1. The smallest absolute Gasteiger partial charge is 0.163 e. The zero-order chi connectivity index (χ0) is 20.9. The molecule has 1 aliphatic rings. The third-order valence-corrected chi connectivity index (χ3v) is 5.45. The molecule has 0 saturated heterocycles. The largest absolute Gasteiger partial charge is 0.485 e. The molecule has 0 spiro atoms. The highest BCUT2D eigenvalue weighted by atomic mass is 16.5. The zero-order valence-electron chi connectivity index (χ0n) is 17.6. The minimum Gasteiger partial charge on any atom is -0.485 e. The first-order valence-electron chi connectivity index (χ1n) is 10.6. The fourth-order valence-corrected chi connectivity index (χ4v) is 3.93. The van der Waals surface area contributed by atoms with Crippen LogP contribution in [0.25, 0.3) is 0 Å². The summed E-state index contributed by atoms with van der Waals surface area (Å²) in [5.74, 6) is 1.87. The normalized spacial score (nSPS) is 14.6. The molecule has 3 aromatic rings. The number of rotatable bonds is 8. The lowest BCUT2D eigenvalue weighted by molar-refractivity contribution is 0.0622. The van der Waals surface area contributed by atoms with Crippen molar-refractivity contribution in [3.8, 4) is 5.75 Å². The van der Waals surface area contributed by atoms with Gasteiger partial charge in [-0.05, 0) is 49.9 Å². The molecule has 0 bridgehead atoms. The van der Waals surface area contributed by atoms with Gasteiger partial charge in [0.2, 0.25) is 0 Å². The van der Waals surface area contributed by atoms with Crippen LogP contribution in [0.2, 0.25) is 0 Å². The molecule has 4 rings (SSSR count). The second-order valence-electron chi connectivity index (χ2n) is 7.96. The minimum absolute atomic E-state index is 0.0982. The number of H-pyrrole nitrogens is 1. The summed E-state index contributed by atoms with van der Waals surface area (Å²) in [6, 6.07) is 14.0. The zero-order valence-corrected chi connectivity index (χ0v) is 17.6. The standard InChI is InChI=1S/C25H28N2O3/c1-17(2)29-16-21-19-9-6-10-22(28)20(19)11-12-23(21)30-24(15-25-26-13-14-27-25)18-7-4-3-5-8-18/h3-5,7-8,11-14,17,24H,6,9-10,15-16H2,1-2H3,(H,26,27)/t24-/m0/s1. The first-order chi connectivity index (χ1) is 14.6. The van der Waals surface area contributed by atoms with Crippen LogP contribution in [0, 0.1) is 0 Å². The van der Waals surface area contributed by atoms with E-state index < -0.39 is 0 Å². The second-order valence-corrected chi connectivity index (χ2v) is 7.96. The maximum absolute atomic E-state index is 12.4. The van der Waals surface area contributed by atoms with E-state index in [2.05, 4.69) is 22.1 Å². The Bertz CT molecular complexity index is 981. The quantitative estimate of drug-likeness (QED) is 0.559. The van der Waals surface area contributed by atoms with E-state index in [-0.39, 0.29) is 18.0 Å². The van der Waals surface area contributed by atoms with Crippen molar-refractivity contribution in [3.63, 3.8) is 0 Å². The SMILES string of the molecule is CC(C)OCc1c(O[C@@H](Cc2ncc[nH]2)c2ccccc2)ccc2c1CCCC2=O. The van der Waals surface area contributed by atoms with Crippen LogP contribution in [0.1, 0.15) is 65.7 Å². The number of benzene rings is 2. The highest BCUT2D eigenvalue weighted by Gasteiger charge is 2.25. The molecule has 0 radical (unpaired) electrons. The van der Waals surface area contributed by atoms with Crippen molar-refractivity contribution in [1.29, 1.82) is 0 Å². The predicted octanol–water partition coefficient (Wildman–Crippen LogP) is 5.22. The van der Waals surface area contributed by atoms with Gasteiger partial charge in [0, 0.05) is 36.4 Å². The van der Waals surface area contributed by atoms with Crippen LogP contribution in [0.5, 0.6) is 5.75 Å². The number of imidazole rings is 1. The Kier molecular flexibility index (Phi) is 6.29. The van der Waals surface area contributed by atoms with Gasteiger partial charge in [-0.15, -0.1) is 0 Å². The molecular formula is C25H28N2O3. The summed E-state index contributed by atoms with van der Waals surface area (Å²) in [6.45, 7) is 4.47. The molecule has 0 amide bonds. The van der Waals surface area contributed by atoms with Crippen LogP contribution in [-0.4, -0.2) is 21.9 Å². The number of carbonyl (C=O) groups is 1. The van der Waals surface area contributed by atoms with E-state index >= 15 is 0 Å². The van der Waals surface area contributed by atoms with E-state index in [9.17, 15) is 4.79 Å². The van der Waals surface area contributed by atoms with Gasteiger partial charge in [0.05, 0.1) is 12.7 Å². The topological polar surface area (TPSA) is 64.2 Å². The lowest BCUT2D eigenvalue weighted by atomic mass is 9.87. The summed E-state index contributed by atoms with van der Waals surface area (Å²) in [4.78, 5) is 20.0. The number of fused-ring (bicyclic) bond motifs is 1. The van der Waals surface area contributed by atoms with E-state index in [1.54, 1.807) is 6.20 Å². The van der Waals surface area contributed by atoms with Gasteiger partial charge >= 0.3 is 0 Å². The van der Waals surface area contributed by atoms with Crippen molar-refractivity contribution in [2.75, 3.05) is 0 Å². The molecule has 0 aliphatic heterocycles. The van der Waals surface area contributed by atoms with Gasteiger partial charge in [-0.25, -0.2) is 4.98 Å². The van der Waals surface area contributed by atoms with Gasteiger partial charge in [0.25, 0.3) is 0 Å². The van der Waals surface area contributed by atoms with Gasteiger partial charge in [-0.2, -0.15) is 0 Å². The highest BCUT2D eigenvalue weighted by Crippen LogP contribution is 2.35. The van der Waals surface area contributed by atoms with Crippen LogP contribution in [0.3, 0.4) is 0 Å². The Balaban J connectivity index is 1.70. The van der Waals surface area contributed by atoms with Gasteiger partial charge in [0.1, 0.15) is 17.7 Å². The Hall–Kier alpha value is -2.92. The fraction of sp³-hybridized carbons (Fsp3) is 0.360. The van der Waals surface area contributed by atoms with Crippen molar-refractivity contribution in [3.05, 3.63) is 82.9 Å². The van der Waals surface area contributed by atoms with E-state index in [4.69, 9.17) is 9.47 Å². The average molecular weight is 405 g/mol. The van der Waals surface area contributed by atoms with Crippen molar-refractivity contribution < 1.29 is 14.3 Å². The van der Waals surface area contributed by atoms with Crippen LogP contribution >= 0.6 is 0 Å². The number of ketones is 1. The molecule has 1 heterocycles. The first kappa shape index (κ1) is 20.4. The van der Waals surface area contributed by atoms with Crippen molar-refractivity contribution >= 4 is 5.78 Å². The van der Waals surface area contributed by atoms with E-state index in [1.807, 2.05) is 50.4 Å². The number of Topliss-reactive ketones (excluding diaryl/α,β-unsaturated/α-hetero) is 1. The Morgan fingerprint density at radius 3 is 2.67 bits per heavy atom. The molecule has 156 valence electrons. The predicted molar refractivity (Wildman–Crippen MR) is 116 cm³/mol. The van der Waals surface area contributed by atoms with Crippen LogP contribution < -0.4 is 4.74 Å². The van der Waals surface area contributed by atoms with Crippen LogP contribution in [-0.2, 0) is 24.2 Å². The molecule has 0 saturated carbocycles. The minimum atomic E-state index is -0.201. The maximum atomic E-state index is 12.4. The average Bonchev–Trinajstić information content (AvgIpc) is 3.26. The number of nitrogens with one attached hydrogen (secondary N) is 1. The van der Waals surface area contributed by atoms with Gasteiger partial charge in [-0.1, -0.05) is 30.3 Å². The van der Waals surface area contributed by atoms with Crippen molar-refractivity contribution in [2.24, 2.45) is 0 Å². The van der Waals surface area contributed by atoms with E-state index in [0.717, 1.165) is 46.7 Å². The summed E-state index contributed by atoms with van der Waals surface area (Å²) < 4.78 is 12.5. The number of ether oxygens (including phenoxy) is 2. The van der Waals surface area contributed by atoms with Crippen molar-refractivity contribution in [1.82, 2.24) is 9.97 Å². The Morgan fingerprint density at radius 2 is 1.93 bits per heavy atom. The summed E-state index contributed by atoms with van der Waals surface area (Å²) in [5, 5.41) is 0. The van der Waals surface area contributed by atoms with Gasteiger partial charge in [-0.3, -0.25) is 4.79 Å². The number of carbonyl (C=O) groups excluding carboxylic acids is 1. The molecule has 5 heteroatoms. The number of hydrogen-bond acceptors (Lipinski definition) is 4. The Morgan fingerprint density at radius 1 is 1.10 bits per heavy atom. The second kappa shape index (κ2) is 9.26. The monoisotopic (exact) mass is 404 g/mol. The van der Waals surface area contributed by atoms with Crippen LogP contribution in [0.15, 0.2) is 54.9 Å².